The maximum atomic E-state index is 15.1. The molecule has 0 radical (unpaired) electrons. The fourth-order valence-corrected chi connectivity index (χ4v) is 6.03. The molecule has 5 rings (SSSR count). The summed E-state index contributed by atoms with van der Waals surface area (Å²) >= 11 is 1.43. The van der Waals surface area contributed by atoms with Crippen molar-refractivity contribution < 1.29 is 13.5 Å². The quantitative estimate of drug-likeness (QED) is 0.721. The number of thioether (sulfide) groups is 1. The third-order valence-corrected chi connectivity index (χ3v) is 7.64. The van der Waals surface area contributed by atoms with Gasteiger partial charge in [-0.15, -0.1) is 0 Å². The zero-order valence-electron chi connectivity index (χ0n) is 18.0. The normalized spacial score (nSPS) is 30.6. The number of nitrogens with zero attached hydrogens (tertiary/aromatic N) is 4. The Morgan fingerprint density at radius 2 is 2.18 bits per heavy atom. The molecule has 0 spiro atoms. The molecule has 1 saturated carbocycles. The van der Waals surface area contributed by atoms with Crippen molar-refractivity contribution in [1.29, 1.82) is 5.26 Å². The smallest absolute Gasteiger partial charge is 0.201 e. The Morgan fingerprint density at radius 3 is 2.85 bits per heavy atom. The second-order valence-electron chi connectivity index (χ2n) is 8.72. The molecule has 1 aliphatic carbocycles. The fraction of sp³-hybridized carbons (Fsp3) is 0.333. The topological polar surface area (TPSA) is 96.6 Å². The van der Waals surface area contributed by atoms with Crippen LogP contribution in [0.3, 0.4) is 0 Å². The summed E-state index contributed by atoms with van der Waals surface area (Å²) in [6.45, 7) is 4.36. The van der Waals surface area contributed by atoms with Crippen molar-refractivity contribution in [3.05, 3.63) is 64.7 Å². The average Bonchev–Trinajstić information content (AvgIpc) is 3.39. The molecular formula is C24H21F2N5OS. The predicted octanol–water partition coefficient (Wildman–Crippen LogP) is 4.41. The van der Waals surface area contributed by atoms with Gasteiger partial charge in [0.05, 0.1) is 22.8 Å². The van der Waals surface area contributed by atoms with Crippen LogP contribution in [0.15, 0.2) is 46.5 Å². The van der Waals surface area contributed by atoms with E-state index in [4.69, 9.17) is 15.7 Å². The Morgan fingerprint density at radius 1 is 1.36 bits per heavy atom. The van der Waals surface area contributed by atoms with Gasteiger partial charge in [-0.3, -0.25) is 9.98 Å². The van der Waals surface area contributed by atoms with Crippen molar-refractivity contribution >= 4 is 34.7 Å². The number of ether oxygens (including phenoxy) is 1. The zero-order chi connectivity index (χ0) is 23.4. The van der Waals surface area contributed by atoms with E-state index in [-0.39, 0.29) is 17.7 Å². The molecule has 3 aliphatic rings. The van der Waals surface area contributed by atoms with Gasteiger partial charge in [0.15, 0.2) is 5.17 Å². The van der Waals surface area contributed by atoms with E-state index >= 15 is 4.39 Å². The predicted molar refractivity (Wildman–Crippen MR) is 125 cm³/mol. The van der Waals surface area contributed by atoms with Crippen LogP contribution in [0.2, 0.25) is 0 Å². The summed E-state index contributed by atoms with van der Waals surface area (Å²) in [7, 11) is 0. The number of hydrogen-bond donors (Lipinski definition) is 1. The van der Waals surface area contributed by atoms with Gasteiger partial charge in [0.2, 0.25) is 5.90 Å². The largest absolute Gasteiger partial charge is 0.478 e. The summed E-state index contributed by atoms with van der Waals surface area (Å²) in [6, 6.07) is 9.37. The SMILES string of the molecule is CC1COC([C@]23C[C@H]2[C@@](C)(c2cc(/C=C(\F)c4ccc(C#N)cn4)ccc2F)N=C(N)S3)=N1. The van der Waals surface area contributed by atoms with E-state index in [1.54, 1.807) is 6.07 Å². The molecule has 0 bridgehead atoms. The summed E-state index contributed by atoms with van der Waals surface area (Å²) in [5.41, 5.74) is 6.51. The molecule has 1 aromatic carbocycles. The van der Waals surface area contributed by atoms with E-state index in [9.17, 15) is 4.39 Å². The van der Waals surface area contributed by atoms with E-state index in [0.29, 0.717) is 40.8 Å². The maximum absolute atomic E-state index is 15.1. The molecular weight excluding hydrogens is 444 g/mol. The number of amidine groups is 1. The number of aliphatic imine (C=N–C) groups is 2. The molecule has 2 aromatic rings. The van der Waals surface area contributed by atoms with Crippen molar-refractivity contribution in [2.24, 2.45) is 21.6 Å². The van der Waals surface area contributed by atoms with Gasteiger partial charge < -0.3 is 10.5 Å². The molecule has 6 nitrogen and oxygen atoms in total. The number of rotatable bonds is 4. The number of hydrogen-bond acceptors (Lipinski definition) is 7. The van der Waals surface area contributed by atoms with Gasteiger partial charge in [-0.05, 0) is 56.2 Å². The van der Waals surface area contributed by atoms with Crippen LogP contribution in [0.4, 0.5) is 8.78 Å². The molecule has 2 N–H and O–H groups in total. The summed E-state index contributed by atoms with van der Waals surface area (Å²) in [5, 5.41) is 9.23. The molecule has 2 aliphatic heterocycles. The standard InChI is InChI=1S/C24H21F2N5OS/c1-13-12-32-21(30-13)24-9-20(24)23(2,31-22(28)33-24)16-7-14(3-5-17(16)25)8-18(26)19-6-4-15(10-27)11-29-19/h3-8,11,13,20H,9,12H2,1-2H3,(H2,28,31)/b18-8-/t13?,20-,23+,24-/m0/s1. The number of nitriles is 1. The van der Waals surface area contributed by atoms with E-state index in [2.05, 4.69) is 15.0 Å². The Hall–Kier alpha value is -3.25. The summed E-state index contributed by atoms with van der Waals surface area (Å²) < 4.78 is 35.3. The molecule has 3 heterocycles. The van der Waals surface area contributed by atoms with Crippen molar-refractivity contribution in [2.75, 3.05) is 6.61 Å². The number of fused-ring (bicyclic) bond motifs is 1. The van der Waals surface area contributed by atoms with E-state index < -0.39 is 21.9 Å². The Bertz CT molecular complexity index is 1270. The molecule has 33 heavy (non-hydrogen) atoms. The lowest BCUT2D eigenvalue weighted by atomic mass is 9.84. The van der Waals surface area contributed by atoms with Gasteiger partial charge in [0.1, 0.15) is 29.1 Å². The van der Waals surface area contributed by atoms with Crippen LogP contribution >= 0.6 is 11.8 Å². The minimum atomic E-state index is -0.940. The number of halogens is 2. The number of nitrogens with two attached hydrogens (primary N) is 1. The molecule has 168 valence electrons. The van der Waals surface area contributed by atoms with Crippen LogP contribution in [0.25, 0.3) is 11.9 Å². The van der Waals surface area contributed by atoms with Crippen molar-refractivity contribution in [3.8, 4) is 6.07 Å². The monoisotopic (exact) mass is 465 g/mol. The average molecular weight is 466 g/mol. The van der Waals surface area contributed by atoms with Gasteiger partial charge in [-0.2, -0.15) is 5.26 Å². The first-order chi connectivity index (χ1) is 15.7. The van der Waals surface area contributed by atoms with Crippen LogP contribution in [-0.4, -0.2) is 33.4 Å². The molecule has 9 heteroatoms. The highest BCUT2D eigenvalue weighted by Gasteiger charge is 2.70. The summed E-state index contributed by atoms with van der Waals surface area (Å²) in [5.74, 6) is -0.417. The first-order valence-electron chi connectivity index (χ1n) is 10.5. The van der Waals surface area contributed by atoms with Crippen LogP contribution < -0.4 is 5.73 Å². The summed E-state index contributed by atoms with van der Waals surface area (Å²) in [4.78, 5) is 13.2. The Labute approximate surface area is 194 Å². The Kier molecular flexibility index (Phi) is 5.01. The van der Waals surface area contributed by atoms with E-state index in [0.717, 1.165) is 0 Å². The van der Waals surface area contributed by atoms with Crippen LogP contribution in [0.5, 0.6) is 0 Å². The van der Waals surface area contributed by atoms with Gasteiger partial charge in [-0.25, -0.2) is 13.8 Å². The molecule has 1 aromatic heterocycles. The third kappa shape index (κ3) is 3.59. The lowest BCUT2D eigenvalue weighted by Crippen LogP contribution is -2.39. The van der Waals surface area contributed by atoms with Crippen molar-refractivity contribution in [3.63, 3.8) is 0 Å². The molecule has 1 fully saturated rings. The summed E-state index contributed by atoms with van der Waals surface area (Å²) in [6.07, 6.45) is 3.31. The van der Waals surface area contributed by atoms with E-state index in [1.807, 2.05) is 19.9 Å². The Balaban J connectivity index is 1.51. The first kappa shape index (κ1) is 21.6. The van der Waals surface area contributed by atoms with Crippen LogP contribution in [0.1, 0.15) is 42.7 Å². The van der Waals surface area contributed by atoms with Crippen molar-refractivity contribution in [2.45, 2.75) is 36.6 Å². The fourth-order valence-electron chi connectivity index (χ4n) is 4.60. The van der Waals surface area contributed by atoms with Gasteiger partial charge in [0.25, 0.3) is 0 Å². The van der Waals surface area contributed by atoms with Gasteiger partial charge in [-0.1, -0.05) is 17.8 Å². The third-order valence-electron chi connectivity index (χ3n) is 6.35. The molecule has 1 unspecified atom stereocenters. The zero-order valence-corrected chi connectivity index (χ0v) is 18.9. The number of benzene rings is 1. The van der Waals surface area contributed by atoms with Crippen LogP contribution in [-0.2, 0) is 10.3 Å². The highest BCUT2D eigenvalue weighted by Crippen LogP contribution is 2.67. The van der Waals surface area contributed by atoms with Crippen LogP contribution in [0, 0.1) is 23.1 Å². The van der Waals surface area contributed by atoms with Gasteiger partial charge >= 0.3 is 0 Å². The highest BCUT2D eigenvalue weighted by molar-refractivity contribution is 8.15. The molecule has 0 saturated heterocycles. The second-order valence-corrected chi connectivity index (χ2v) is 10.1. The highest BCUT2D eigenvalue weighted by atomic mass is 32.2. The first-order valence-corrected chi connectivity index (χ1v) is 11.4. The minimum absolute atomic E-state index is 0.0508. The molecule has 4 atom stereocenters. The lowest BCUT2D eigenvalue weighted by Gasteiger charge is -2.34. The molecule has 0 amide bonds. The van der Waals surface area contributed by atoms with Crippen molar-refractivity contribution in [1.82, 2.24) is 4.98 Å². The van der Waals surface area contributed by atoms with Gasteiger partial charge in [0, 0.05) is 17.7 Å². The lowest BCUT2D eigenvalue weighted by molar-refractivity contribution is 0.309. The van der Waals surface area contributed by atoms with E-state index in [1.165, 1.54) is 48.3 Å². The minimum Gasteiger partial charge on any atom is -0.478 e. The maximum Gasteiger partial charge on any atom is 0.201 e. The number of pyridine rings is 1. The number of aromatic nitrogens is 1. The second kappa shape index (κ2) is 7.66.